The highest BCUT2D eigenvalue weighted by Crippen LogP contribution is 2.37. The third-order valence-corrected chi connectivity index (χ3v) is 4.87. The van der Waals surface area contributed by atoms with Gasteiger partial charge in [-0.15, -0.1) is 11.8 Å². The molecule has 1 aromatic heterocycles. The van der Waals surface area contributed by atoms with Crippen LogP contribution in [0.25, 0.3) is 11.3 Å². The van der Waals surface area contributed by atoms with Crippen molar-refractivity contribution >= 4 is 35.0 Å². The molecule has 3 aromatic rings. The zero-order valence-corrected chi connectivity index (χ0v) is 15.5. The maximum atomic E-state index is 13.0. The number of hydrogen-bond acceptors (Lipinski definition) is 3. The number of carbonyl (C=O) groups excluding carboxylic acids is 1. The number of benzene rings is 2. The summed E-state index contributed by atoms with van der Waals surface area (Å²) < 4.78 is 44.5. The maximum absolute atomic E-state index is 13.0. The fraction of sp³-hybridized carbons (Fsp3) is 0.105. The van der Waals surface area contributed by atoms with Crippen LogP contribution in [0.15, 0.2) is 63.9 Å². The molecule has 3 rings (SSSR count). The number of amides is 1. The van der Waals surface area contributed by atoms with Crippen LogP contribution in [0.5, 0.6) is 0 Å². The first kappa shape index (κ1) is 19.4. The van der Waals surface area contributed by atoms with Crippen molar-refractivity contribution < 1.29 is 22.4 Å². The van der Waals surface area contributed by atoms with Gasteiger partial charge in [-0.3, -0.25) is 4.79 Å². The summed E-state index contributed by atoms with van der Waals surface area (Å²) in [4.78, 5) is 13.3. The average Bonchev–Trinajstić information content (AvgIpc) is 3.12. The summed E-state index contributed by atoms with van der Waals surface area (Å²) in [5, 5.41) is 2.33. The van der Waals surface area contributed by atoms with Crippen molar-refractivity contribution in [2.45, 2.75) is 11.1 Å². The average molecular weight is 412 g/mol. The molecule has 140 valence electrons. The number of thioether (sulfide) groups is 1. The highest BCUT2D eigenvalue weighted by Gasteiger charge is 2.33. The molecule has 0 aliphatic carbocycles. The Kier molecular flexibility index (Phi) is 5.53. The number of rotatable bonds is 4. The van der Waals surface area contributed by atoms with E-state index in [0.29, 0.717) is 5.69 Å². The second kappa shape index (κ2) is 7.70. The molecule has 0 atom stereocenters. The summed E-state index contributed by atoms with van der Waals surface area (Å²) in [5.74, 6) is -0.363. The molecule has 27 heavy (non-hydrogen) atoms. The van der Waals surface area contributed by atoms with Crippen LogP contribution in [-0.2, 0) is 6.18 Å². The lowest BCUT2D eigenvalue weighted by Gasteiger charge is -2.10. The number of para-hydroxylation sites is 1. The van der Waals surface area contributed by atoms with Crippen molar-refractivity contribution in [3.05, 3.63) is 70.9 Å². The Balaban J connectivity index is 1.86. The zero-order valence-electron chi connectivity index (χ0n) is 13.9. The van der Waals surface area contributed by atoms with E-state index in [2.05, 4.69) is 5.32 Å². The molecule has 3 nitrogen and oxygen atoms in total. The van der Waals surface area contributed by atoms with Crippen LogP contribution >= 0.6 is 23.4 Å². The van der Waals surface area contributed by atoms with Gasteiger partial charge in [-0.05, 0) is 48.7 Å². The van der Waals surface area contributed by atoms with Gasteiger partial charge < -0.3 is 9.73 Å². The first-order valence-electron chi connectivity index (χ1n) is 7.71. The highest BCUT2D eigenvalue weighted by molar-refractivity contribution is 7.98. The van der Waals surface area contributed by atoms with Gasteiger partial charge in [-0.1, -0.05) is 23.7 Å². The minimum Gasteiger partial charge on any atom is -0.451 e. The Labute approximate surface area is 162 Å². The molecule has 0 aliphatic heterocycles. The zero-order chi connectivity index (χ0) is 19.6. The summed E-state index contributed by atoms with van der Waals surface area (Å²) >= 11 is 7.10. The van der Waals surface area contributed by atoms with E-state index in [1.165, 1.54) is 30.0 Å². The molecule has 0 fully saturated rings. The molecule has 0 unspecified atom stereocenters. The smallest absolute Gasteiger partial charge is 0.417 e. The van der Waals surface area contributed by atoms with Gasteiger partial charge in [0.25, 0.3) is 5.91 Å². The molecule has 0 radical (unpaired) electrons. The second-order valence-electron chi connectivity index (χ2n) is 5.51. The third-order valence-electron chi connectivity index (χ3n) is 3.74. The molecular weight excluding hydrogens is 399 g/mol. The lowest BCUT2D eigenvalue weighted by Crippen LogP contribution is -2.11. The minimum absolute atomic E-state index is 0.00980. The van der Waals surface area contributed by atoms with Crippen LogP contribution in [0.2, 0.25) is 5.02 Å². The summed E-state index contributed by atoms with van der Waals surface area (Å²) in [7, 11) is 0. The van der Waals surface area contributed by atoms with Crippen LogP contribution in [0.4, 0.5) is 18.9 Å². The maximum Gasteiger partial charge on any atom is 0.417 e. The van der Waals surface area contributed by atoms with Gasteiger partial charge in [0.2, 0.25) is 0 Å². The summed E-state index contributed by atoms with van der Waals surface area (Å²) in [6.07, 6.45) is -2.70. The van der Waals surface area contributed by atoms with E-state index < -0.39 is 22.7 Å². The fourth-order valence-electron chi connectivity index (χ4n) is 2.44. The van der Waals surface area contributed by atoms with Crippen molar-refractivity contribution in [2.75, 3.05) is 11.6 Å². The monoisotopic (exact) mass is 411 g/mol. The van der Waals surface area contributed by atoms with Gasteiger partial charge in [-0.25, -0.2) is 0 Å². The number of halogens is 4. The molecule has 0 bridgehead atoms. The van der Waals surface area contributed by atoms with Crippen molar-refractivity contribution in [2.24, 2.45) is 0 Å². The molecule has 0 saturated carbocycles. The number of hydrogen-bond donors (Lipinski definition) is 1. The molecule has 0 spiro atoms. The standard InChI is InChI=1S/C19H13ClF3NO2S/c1-27-17-5-3-2-4-14(17)24-18(25)16-9-8-15(26-16)11-6-7-13(20)12(10-11)19(21,22)23/h2-10H,1H3,(H,24,25). The SMILES string of the molecule is CSc1ccccc1NC(=O)c1ccc(-c2ccc(Cl)c(C(F)(F)F)c2)o1. The second-order valence-corrected chi connectivity index (χ2v) is 6.77. The van der Waals surface area contributed by atoms with Crippen LogP contribution < -0.4 is 5.32 Å². The van der Waals surface area contributed by atoms with Gasteiger partial charge in [0.1, 0.15) is 5.76 Å². The molecule has 1 N–H and O–H groups in total. The van der Waals surface area contributed by atoms with E-state index >= 15 is 0 Å². The van der Waals surface area contributed by atoms with E-state index in [4.69, 9.17) is 16.0 Å². The molecule has 0 saturated heterocycles. The number of nitrogens with one attached hydrogen (secondary N) is 1. The molecule has 0 aliphatic rings. The van der Waals surface area contributed by atoms with Crippen LogP contribution in [0.1, 0.15) is 16.1 Å². The predicted molar refractivity (Wildman–Crippen MR) is 100 cm³/mol. The summed E-state index contributed by atoms with van der Waals surface area (Å²) in [6.45, 7) is 0. The van der Waals surface area contributed by atoms with Crippen molar-refractivity contribution in [3.63, 3.8) is 0 Å². The Morgan fingerprint density at radius 1 is 1.11 bits per heavy atom. The van der Waals surface area contributed by atoms with Crippen molar-refractivity contribution in [1.29, 1.82) is 0 Å². The fourth-order valence-corrected chi connectivity index (χ4v) is 3.22. The number of furan rings is 1. The first-order valence-corrected chi connectivity index (χ1v) is 9.31. The van der Waals surface area contributed by atoms with Gasteiger partial charge in [0.05, 0.1) is 16.3 Å². The minimum atomic E-state index is -4.58. The van der Waals surface area contributed by atoms with Crippen LogP contribution in [0.3, 0.4) is 0 Å². The summed E-state index contributed by atoms with van der Waals surface area (Å²) in [5.41, 5.74) is -0.160. The van der Waals surface area contributed by atoms with Crippen molar-refractivity contribution in [3.8, 4) is 11.3 Å². The lowest BCUT2D eigenvalue weighted by molar-refractivity contribution is -0.137. The number of carbonyl (C=O) groups is 1. The normalized spacial score (nSPS) is 11.4. The molecular formula is C19H13ClF3NO2S. The van der Waals surface area contributed by atoms with Crippen LogP contribution in [0, 0.1) is 0 Å². The largest absolute Gasteiger partial charge is 0.451 e. The van der Waals surface area contributed by atoms with E-state index in [0.717, 1.165) is 17.0 Å². The van der Waals surface area contributed by atoms with Crippen molar-refractivity contribution in [1.82, 2.24) is 0 Å². The Morgan fingerprint density at radius 2 is 1.85 bits per heavy atom. The Morgan fingerprint density at radius 3 is 2.56 bits per heavy atom. The Bertz CT molecular complexity index is 985. The third kappa shape index (κ3) is 4.31. The Hall–Kier alpha value is -2.38. The van der Waals surface area contributed by atoms with E-state index in [1.54, 1.807) is 12.1 Å². The van der Waals surface area contributed by atoms with E-state index in [9.17, 15) is 18.0 Å². The first-order chi connectivity index (χ1) is 12.8. The number of alkyl halides is 3. The predicted octanol–water partition coefficient (Wildman–Crippen LogP) is 6.59. The van der Waals surface area contributed by atoms with Gasteiger partial charge >= 0.3 is 6.18 Å². The quantitative estimate of drug-likeness (QED) is 0.492. The number of anilines is 1. The molecule has 8 heteroatoms. The lowest BCUT2D eigenvalue weighted by atomic mass is 10.1. The van der Waals surface area contributed by atoms with Gasteiger partial charge in [0.15, 0.2) is 5.76 Å². The van der Waals surface area contributed by atoms with E-state index in [-0.39, 0.29) is 17.1 Å². The van der Waals surface area contributed by atoms with Crippen LogP contribution in [-0.4, -0.2) is 12.2 Å². The molecule has 1 heterocycles. The molecule has 2 aromatic carbocycles. The topological polar surface area (TPSA) is 42.2 Å². The van der Waals surface area contributed by atoms with Gasteiger partial charge in [-0.2, -0.15) is 13.2 Å². The summed E-state index contributed by atoms with van der Waals surface area (Å²) in [6, 6.07) is 13.6. The van der Waals surface area contributed by atoms with E-state index in [1.807, 2.05) is 18.4 Å². The highest BCUT2D eigenvalue weighted by atomic mass is 35.5. The van der Waals surface area contributed by atoms with Gasteiger partial charge in [0, 0.05) is 10.5 Å². The molecule has 1 amide bonds.